The van der Waals surface area contributed by atoms with Crippen LogP contribution in [0.2, 0.25) is 0 Å². The van der Waals surface area contributed by atoms with Crippen LogP contribution in [0.25, 0.3) is 0 Å². The zero-order valence-corrected chi connectivity index (χ0v) is 16.1. The first-order valence-electron chi connectivity index (χ1n) is 8.42. The Kier molecular flexibility index (Phi) is 6.38. The number of nitrogens with two attached hydrogens (primary N) is 1. The van der Waals surface area contributed by atoms with Crippen molar-refractivity contribution in [1.29, 1.82) is 0 Å². The van der Waals surface area contributed by atoms with Crippen molar-refractivity contribution < 1.29 is 9.59 Å². The molecule has 26 heavy (non-hydrogen) atoms. The van der Waals surface area contributed by atoms with Crippen molar-refractivity contribution in [2.24, 2.45) is 17.8 Å². The minimum atomic E-state index is -0.478. The summed E-state index contributed by atoms with van der Waals surface area (Å²) >= 11 is 3.09. The van der Waals surface area contributed by atoms with Gasteiger partial charge in [0.2, 0.25) is 5.91 Å². The summed E-state index contributed by atoms with van der Waals surface area (Å²) in [5.74, 6) is 0.0707. The lowest BCUT2D eigenvalue weighted by Gasteiger charge is -2.07. The molecule has 140 valence electrons. The number of aliphatic imine (C=N–C) groups is 1. The molecule has 0 bridgehead atoms. The Morgan fingerprint density at radius 1 is 1.46 bits per heavy atom. The monoisotopic (exact) mass is 394 g/mol. The van der Waals surface area contributed by atoms with Crippen molar-refractivity contribution in [1.82, 2.24) is 20.4 Å². The van der Waals surface area contributed by atoms with Gasteiger partial charge in [0.15, 0.2) is 10.9 Å². The van der Waals surface area contributed by atoms with Crippen LogP contribution >= 0.6 is 23.5 Å². The number of hydrogen-bond donors (Lipinski definition) is 3. The van der Waals surface area contributed by atoms with Gasteiger partial charge in [-0.05, 0) is 30.9 Å². The molecule has 1 aromatic heterocycles. The molecule has 2 unspecified atom stereocenters. The summed E-state index contributed by atoms with van der Waals surface area (Å²) in [7, 11) is 1.84. The maximum absolute atomic E-state index is 12.5. The number of thioether (sulfide) groups is 2. The van der Waals surface area contributed by atoms with E-state index in [0.717, 1.165) is 18.5 Å². The maximum atomic E-state index is 12.5. The van der Waals surface area contributed by atoms with Gasteiger partial charge >= 0.3 is 0 Å². The van der Waals surface area contributed by atoms with Crippen LogP contribution in [0.4, 0.5) is 0 Å². The highest BCUT2D eigenvalue weighted by Gasteiger charge is 2.27. The van der Waals surface area contributed by atoms with Gasteiger partial charge < -0.3 is 11.1 Å². The molecule has 0 saturated heterocycles. The molecule has 0 aromatic carbocycles. The van der Waals surface area contributed by atoms with Crippen LogP contribution < -0.4 is 16.4 Å². The van der Waals surface area contributed by atoms with Crippen LogP contribution in [0.1, 0.15) is 34.3 Å². The second-order valence-electron chi connectivity index (χ2n) is 5.96. The van der Waals surface area contributed by atoms with E-state index in [1.54, 1.807) is 16.4 Å². The van der Waals surface area contributed by atoms with Gasteiger partial charge in [-0.1, -0.05) is 17.8 Å². The van der Waals surface area contributed by atoms with Crippen LogP contribution in [-0.4, -0.2) is 51.6 Å². The standard InChI is InChI=1S/C16H22N6O2S2/c1-22-12(13-4-2-7-25-13)8-10(21-22)15(24)20-16-19-11(9-26-16)14(23)18-6-3-5-17/h2,7-8,11,13H,3-6,9,17H2,1H3,(H,18,23)(H,19,20,24). The molecule has 8 nitrogen and oxygen atoms in total. The van der Waals surface area contributed by atoms with Crippen molar-refractivity contribution in [3.63, 3.8) is 0 Å². The second-order valence-corrected chi connectivity index (χ2v) is 8.08. The van der Waals surface area contributed by atoms with Gasteiger partial charge in [0.05, 0.1) is 10.9 Å². The van der Waals surface area contributed by atoms with Gasteiger partial charge in [0, 0.05) is 19.3 Å². The summed E-state index contributed by atoms with van der Waals surface area (Å²) in [5.41, 5.74) is 6.78. The highest BCUT2D eigenvalue weighted by atomic mass is 32.2. The van der Waals surface area contributed by atoms with Crippen LogP contribution in [0.3, 0.4) is 0 Å². The maximum Gasteiger partial charge on any atom is 0.277 e. The zero-order valence-electron chi connectivity index (χ0n) is 14.5. The molecule has 4 N–H and O–H groups in total. The minimum absolute atomic E-state index is 0.138. The van der Waals surface area contributed by atoms with Gasteiger partial charge in [-0.15, -0.1) is 11.8 Å². The number of nitrogens with zero attached hydrogens (tertiary/aromatic N) is 3. The van der Waals surface area contributed by atoms with Gasteiger partial charge in [0.1, 0.15) is 6.04 Å². The first-order chi connectivity index (χ1) is 12.6. The van der Waals surface area contributed by atoms with E-state index in [-0.39, 0.29) is 11.8 Å². The van der Waals surface area contributed by atoms with Crippen LogP contribution in [0, 0.1) is 0 Å². The summed E-state index contributed by atoms with van der Waals surface area (Å²) in [4.78, 5) is 28.8. The zero-order chi connectivity index (χ0) is 18.5. The summed E-state index contributed by atoms with van der Waals surface area (Å²) in [6.07, 6.45) is 3.79. The number of aromatic nitrogens is 2. The minimum Gasteiger partial charge on any atom is -0.354 e. The fourth-order valence-corrected chi connectivity index (χ4v) is 4.54. The van der Waals surface area contributed by atoms with Crippen molar-refractivity contribution in [3.8, 4) is 0 Å². The molecule has 0 saturated carbocycles. The number of carbonyl (C=O) groups excluding carboxylic acids is 2. The first kappa shape index (κ1) is 19.0. The van der Waals surface area contributed by atoms with Crippen LogP contribution in [-0.2, 0) is 11.8 Å². The third-order valence-corrected chi connectivity index (χ3v) is 6.10. The van der Waals surface area contributed by atoms with Crippen molar-refractivity contribution in [2.75, 3.05) is 18.8 Å². The lowest BCUT2D eigenvalue weighted by atomic mass is 10.2. The van der Waals surface area contributed by atoms with E-state index >= 15 is 0 Å². The lowest BCUT2D eigenvalue weighted by Crippen LogP contribution is -2.35. The normalized spacial score (nSPS) is 21.7. The largest absolute Gasteiger partial charge is 0.354 e. The molecular formula is C16H22N6O2S2. The van der Waals surface area contributed by atoms with E-state index in [2.05, 4.69) is 32.2 Å². The average molecular weight is 395 g/mol. The van der Waals surface area contributed by atoms with E-state index in [1.807, 2.05) is 13.1 Å². The SMILES string of the molecule is Cn1nc(C(=O)NC2=NC(C(=O)NCCCN)CS2)cc1C1CC=CS1. The predicted octanol–water partition coefficient (Wildman–Crippen LogP) is 0.778. The summed E-state index contributed by atoms with van der Waals surface area (Å²) in [6.45, 7) is 1.07. The van der Waals surface area contributed by atoms with Crippen molar-refractivity contribution >= 4 is 40.5 Å². The number of amides is 2. The third kappa shape index (κ3) is 4.49. The number of nitrogens with one attached hydrogen (secondary N) is 2. The Morgan fingerprint density at radius 2 is 2.31 bits per heavy atom. The quantitative estimate of drug-likeness (QED) is 0.614. The van der Waals surface area contributed by atoms with Crippen LogP contribution in [0.5, 0.6) is 0 Å². The molecule has 3 heterocycles. The summed E-state index contributed by atoms with van der Waals surface area (Å²) in [5, 5.41) is 12.7. The highest BCUT2D eigenvalue weighted by Crippen LogP contribution is 2.38. The Balaban J connectivity index is 1.57. The molecule has 2 aliphatic rings. The molecule has 1 aromatic rings. The number of hydrogen-bond acceptors (Lipinski definition) is 7. The third-order valence-electron chi connectivity index (χ3n) is 4.02. The highest BCUT2D eigenvalue weighted by molar-refractivity contribution is 8.14. The lowest BCUT2D eigenvalue weighted by molar-refractivity contribution is -0.121. The molecule has 0 radical (unpaired) electrons. The van der Waals surface area contributed by atoms with Crippen molar-refractivity contribution in [2.45, 2.75) is 24.1 Å². The molecule has 0 fully saturated rings. The molecule has 0 aliphatic carbocycles. The Morgan fingerprint density at radius 3 is 3.04 bits per heavy atom. The molecular weight excluding hydrogens is 372 g/mol. The summed E-state index contributed by atoms with van der Waals surface area (Å²) < 4.78 is 1.75. The van der Waals surface area contributed by atoms with Crippen LogP contribution in [0.15, 0.2) is 22.5 Å². The second kappa shape index (κ2) is 8.74. The molecule has 2 amide bonds. The number of amidine groups is 1. The molecule has 2 aliphatic heterocycles. The Hall–Kier alpha value is -1.78. The fourth-order valence-electron chi connectivity index (χ4n) is 2.64. The van der Waals surface area contributed by atoms with Gasteiger partial charge in [-0.25, -0.2) is 4.99 Å². The number of aryl methyl sites for hydroxylation is 1. The van der Waals surface area contributed by atoms with E-state index in [0.29, 0.717) is 35.0 Å². The van der Waals surface area contributed by atoms with E-state index < -0.39 is 6.04 Å². The van der Waals surface area contributed by atoms with E-state index in [4.69, 9.17) is 5.73 Å². The fraction of sp³-hybridized carbons (Fsp3) is 0.500. The summed E-state index contributed by atoms with van der Waals surface area (Å²) in [6, 6.07) is 1.34. The van der Waals surface area contributed by atoms with E-state index in [9.17, 15) is 9.59 Å². The number of rotatable bonds is 6. The number of allylic oxidation sites excluding steroid dienone is 1. The molecule has 2 atom stereocenters. The van der Waals surface area contributed by atoms with Gasteiger partial charge in [0.25, 0.3) is 5.91 Å². The van der Waals surface area contributed by atoms with Gasteiger partial charge in [-0.2, -0.15) is 5.10 Å². The predicted molar refractivity (Wildman–Crippen MR) is 105 cm³/mol. The topological polar surface area (TPSA) is 114 Å². The molecule has 0 spiro atoms. The average Bonchev–Trinajstić information content (AvgIpc) is 3.35. The van der Waals surface area contributed by atoms with E-state index in [1.165, 1.54) is 11.8 Å². The Labute approximate surface area is 160 Å². The number of carbonyl (C=O) groups is 2. The van der Waals surface area contributed by atoms with Gasteiger partial charge in [-0.3, -0.25) is 19.6 Å². The Bertz CT molecular complexity index is 737. The molecule has 3 rings (SSSR count). The smallest absolute Gasteiger partial charge is 0.277 e. The van der Waals surface area contributed by atoms with Crippen molar-refractivity contribution in [3.05, 3.63) is 28.9 Å². The first-order valence-corrected chi connectivity index (χ1v) is 10.4. The molecule has 10 heteroatoms.